The monoisotopic (exact) mass is 358 g/mol. The van der Waals surface area contributed by atoms with Gasteiger partial charge in [-0.05, 0) is 60.7 Å². The summed E-state index contributed by atoms with van der Waals surface area (Å²) in [6.07, 6.45) is 2.02. The van der Waals surface area contributed by atoms with Gasteiger partial charge >= 0.3 is 0 Å². The highest BCUT2D eigenvalue weighted by Gasteiger charge is 2.24. The Balaban J connectivity index is 1.71. The van der Waals surface area contributed by atoms with E-state index in [1.54, 1.807) is 12.1 Å². The standard InChI is InChI=1S/C19H22N2O3S/c1-13(2)14-3-7-17(8-4-14)21-25(23,24)18-11-5-15(6-12-18)19(22)20-16-9-10-16/h3-8,11-13,16,21H,9-10H2,1-2H3,(H,20,22). The maximum atomic E-state index is 12.5. The van der Waals surface area contributed by atoms with E-state index in [4.69, 9.17) is 0 Å². The zero-order valence-corrected chi connectivity index (χ0v) is 15.1. The van der Waals surface area contributed by atoms with Crippen LogP contribution in [0.15, 0.2) is 53.4 Å². The van der Waals surface area contributed by atoms with Crippen LogP contribution in [-0.2, 0) is 10.0 Å². The van der Waals surface area contributed by atoms with Gasteiger partial charge in [0, 0.05) is 17.3 Å². The minimum Gasteiger partial charge on any atom is -0.349 e. The number of sulfonamides is 1. The number of rotatable bonds is 6. The quantitative estimate of drug-likeness (QED) is 0.830. The highest BCUT2D eigenvalue weighted by atomic mass is 32.2. The van der Waals surface area contributed by atoms with Gasteiger partial charge < -0.3 is 5.32 Å². The first-order chi connectivity index (χ1) is 11.8. The number of nitrogens with one attached hydrogen (secondary N) is 2. The molecule has 0 bridgehead atoms. The Morgan fingerprint density at radius 2 is 1.60 bits per heavy atom. The van der Waals surface area contributed by atoms with Gasteiger partial charge in [-0.25, -0.2) is 8.42 Å². The van der Waals surface area contributed by atoms with Crippen LogP contribution in [0, 0.1) is 0 Å². The summed E-state index contributed by atoms with van der Waals surface area (Å²) in [6, 6.07) is 13.6. The van der Waals surface area contributed by atoms with E-state index in [9.17, 15) is 13.2 Å². The second-order valence-electron chi connectivity index (χ2n) is 6.65. The van der Waals surface area contributed by atoms with Crippen LogP contribution in [0.5, 0.6) is 0 Å². The molecular weight excluding hydrogens is 336 g/mol. The van der Waals surface area contributed by atoms with E-state index < -0.39 is 10.0 Å². The Bertz CT molecular complexity index is 853. The van der Waals surface area contributed by atoms with Crippen LogP contribution in [0.2, 0.25) is 0 Å². The van der Waals surface area contributed by atoms with Crippen molar-refractivity contribution >= 4 is 21.6 Å². The molecular formula is C19H22N2O3S. The molecule has 1 amide bonds. The molecule has 1 fully saturated rings. The van der Waals surface area contributed by atoms with Crippen LogP contribution in [0.3, 0.4) is 0 Å². The van der Waals surface area contributed by atoms with E-state index in [-0.39, 0.29) is 16.8 Å². The predicted molar refractivity (Wildman–Crippen MR) is 98.3 cm³/mol. The summed E-state index contributed by atoms with van der Waals surface area (Å²) in [5.41, 5.74) is 2.13. The molecule has 1 aliphatic carbocycles. The van der Waals surface area contributed by atoms with Crippen LogP contribution in [-0.4, -0.2) is 20.4 Å². The summed E-state index contributed by atoms with van der Waals surface area (Å²) >= 11 is 0. The molecule has 0 aliphatic heterocycles. The first-order valence-corrected chi connectivity index (χ1v) is 9.87. The molecule has 3 rings (SSSR count). The maximum absolute atomic E-state index is 12.5. The molecule has 5 nitrogen and oxygen atoms in total. The van der Waals surface area contributed by atoms with E-state index >= 15 is 0 Å². The molecule has 1 aliphatic rings. The fourth-order valence-corrected chi connectivity index (χ4v) is 3.49. The van der Waals surface area contributed by atoms with Crippen LogP contribution < -0.4 is 10.0 Å². The van der Waals surface area contributed by atoms with Gasteiger partial charge in [-0.1, -0.05) is 26.0 Å². The van der Waals surface area contributed by atoms with Crippen molar-refractivity contribution in [2.45, 2.75) is 43.5 Å². The lowest BCUT2D eigenvalue weighted by Gasteiger charge is -2.11. The van der Waals surface area contributed by atoms with Gasteiger partial charge in [0.25, 0.3) is 15.9 Å². The Hall–Kier alpha value is -2.34. The number of carbonyl (C=O) groups is 1. The topological polar surface area (TPSA) is 75.3 Å². The van der Waals surface area contributed by atoms with Gasteiger partial charge in [0.15, 0.2) is 0 Å². The average Bonchev–Trinajstić information content (AvgIpc) is 3.39. The Labute approximate surface area is 148 Å². The third kappa shape index (κ3) is 4.39. The number of anilines is 1. The lowest BCUT2D eigenvalue weighted by molar-refractivity contribution is 0.0951. The van der Waals surface area contributed by atoms with Gasteiger partial charge in [-0.15, -0.1) is 0 Å². The van der Waals surface area contributed by atoms with Gasteiger partial charge in [-0.2, -0.15) is 0 Å². The number of benzene rings is 2. The summed E-state index contributed by atoms with van der Waals surface area (Å²) in [7, 11) is -3.68. The van der Waals surface area contributed by atoms with E-state index in [1.165, 1.54) is 24.3 Å². The SMILES string of the molecule is CC(C)c1ccc(NS(=O)(=O)c2ccc(C(=O)NC3CC3)cc2)cc1. The normalized spacial score (nSPS) is 14.4. The molecule has 1 saturated carbocycles. The molecule has 2 aromatic rings. The molecule has 0 spiro atoms. The van der Waals surface area contributed by atoms with Crippen molar-refractivity contribution in [2.24, 2.45) is 0 Å². The van der Waals surface area contributed by atoms with Crippen LogP contribution in [0.25, 0.3) is 0 Å². The molecule has 0 unspecified atom stereocenters. The number of carbonyl (C=O) groups excluding carboxylic acids is 1. The predicted octanol–water partition coefficient (Wildman–Crippen LogP) is 3.50. The molecule has 0 saturated heterocycles. The fraction of sp³-hybridized carbons (Fsp3) is 0.316. The Morgan fingerprint density at radius 3 is 2.12 bits per heavy atom. The maximum Gasteiger partial charge on any atom is 0.261 e. The van der Waals surface area contributed by atoms with E-state index in [0.717, 1.165) is 18.4 Å². The lowest BCUT2D eigenvalue weighted by Crippen LogP contribution is -2.25. The third-order valence-electron chi connectivity index (χ3n) is 4.17. The summed E-state index contributed by atoms with van der Waals surface area (Å²) in [5.74, 6) is 0.226. The van der Waals surface area contributed by atoms with Crippen molar-refractivity contribution in [1.82, 2.24) is 5.32 Å². The number of amides is 1. The molecule has 132 valence electrons. The van der Waals surface area contributed by atoms with Crippen molar-refractivity contribution < 1.29 is 13.2 Å². The van der Waals surface area contributed by atoms with Crippen molar-refractivity contribution in [3.8, 4) is 0 Å². The van der Waals surface area contributed by atoms with Crippen molar-refractivity contribution in [1.29, 1.82) is 0 Å². The minimum atomic E-state index is -3.68. The van der Waals surface area contributed by atoms with E-state index in [2.05, 4.69) is 23.9 Å². The van der Waals surface area contributed by atoms with Crippen molar-refractivity contribution in [3.05, 3.63) is 59.7 Å². The van der Waals surface area contributed by atoms with E-state index in [1.807, 2.05) is 12.1 Å². The smallest absolute Gasteiger partial charge is 0.261 e. The van der Waals surface area contributed by atoms with Crippen molar-refractivity contribution in [2.75, 3.05) is 4.72 Å². The Kier molecular flexibility index (Phi) is 4.81. The molecule has 0 atom stereocenters. The second-order valence-corrected chi connectivity index (χ2v) is 8.34. The highest BCUT2D eigenvalue weighted by molar-refractivity contribution is 7.92. The van der Waals surface area contributed by atoms with Gasteiger partial charge in [0.05, 0.1) is 4.90 Å². The van der Waals surface area contributed by atoms with Crippen LogP contribution in [0.1, 0.15) is 48.5 Å². The largest absolute Gasteiger partial charge is 0.349 e. The summed E-state index contributed by atoms with van der Waals surface area (Å²) in [6.45, 7) is 4.17. The zero-order chi connectivity index (χ0) is 18.0. The zero-order valence-electron chi connectivity index (χ0n) is 14.3. The minimum absolute atomic E-state index is 0.128. The van der Waals surface area contributed by atoms with E-state index in [0.29, 0.717) is 17.2 Å². The molecule has 6 heteroatoms. The first-order valence-electron chi connectivity index (χ1n) is 8.39. The Morgan fingerprint density at radius 1 is 1.00 bits per heavy atom. The fourth-order valence-electron chi connectivity index (χ4n) is 2.43. The molecule has 2 aromatic carbocycles. The molecule has 0 aromatic heterocycles. The molecule has 0 radical (unpaired) electrons. The summed E-state index contributed by atoms with van der Waals surface area (Å²) in [4.78, 5) is 12.1. The summed E-state index contributed by atoms with van der Waals surface area (Å²) < 4.78 is 27.5. The molecule has 25 heavy (non-hydrogen) atoms. The molecule has 2 N–H and O–H groups in total. The van der Waals surface area contributed by atoms with Crippen molar-refractivity contribution in [3.63, 3.8) is 0 Å². The van der Waals surface area contributed by atoms with Gasteiger partial charge in [0.2, 0.25) is 0 Å². The van der Waals surface area contributed by atoms with Crippen LogP contribution >= 0.6 is 0 Å². The van der Waals surface area contributed by atoms with Crippen LogP contribution in [0.4, 0.5) is 5.69 Å². The molecule has 0 heterocycles. The summed E-state index contributed by atoms with van der Waals surface area (Å²) in [5, 5.41) is 2.88. The third-order valence-corrected chi connectivity index (χ3v) is 5.57. The first kappa shape index (κ1) is 17.5. The highest BCUT2D eigenvalue weighted by Crippen LogP contribution is 2.21. The lowest BCUT2D eigenvalue weighted by atomic mass is 10.0. The van der Waals surface area contributed by atoms with Gasteiger partial charge in [0.1, 0.15) is 0 Å². The average molecular weight is 358 g/mol. The number of hydrogen-bond acceptors (Lipinski definition) is 3. The van der Waals surface area contributed by atoms with Gasteiger partial charge in [-0.3, -0.25) is 9.52 Å². The second kappa shape index (κ2) is 6.88. The number of hydrogen-bond donors (Lipinski definition) is 2.